The number of furan rings is 1. The molecule has 0 aliphatic heterocycles. The van der Waals surface area contributed by atoms with E-state index in [0.29, 0.717) is 0 Å². The van der Waals surface area contributed by atoms with Gasteiger partial charge in [0.1, 0.15) is 11.2 Å². The molecule has 218 valence electrons. The van der Waals surface area contributed by atoms with Crippen molar-refractivity contribution in [3.63, 3.8) is 0 Å². The lowest BCUT2D eigenvalue weighted by Gasteiger charge is -2.19. The molecule has 1 aromatic heterocycles. The SMILES string of the molecule is c1ccc(-c2c3ccccc3c(-c3cc(-c4ccc5oc6c7ccccc7ccc6c5c4)c4ccccc4c3)c3ccccc23)cc1. The van der Waals surface area contributed by atoms with Gasteiger partial charge in [-0.3, -0.25) is 0 Å². The highest BCUT2D eigenvalue weighted by Crippen LogP contribution is 2.46. The van der Waals surface area contributed by atoms with Gasteiger partial charge in [-0.15, -0.1) is 0 Å². The first kappa shape index (κ1) is 26.1. The summed E-state index contributed by atoms with van der Waals surface area (Å²) < 4.78 is 6.48. The van der Waals surface area contributed by atoms with Crippen molar-refractivity contribution < 1.29 is 4.42 Å². The summed E-state index contributed by atoms with van der Waals surface area (Å²) >= 11 is 0. The van der Waals surface area contributed by atoms with E-state index >= 15 is 0 Å². The lowest BCUT2D eigenvalue weighted by Crippen LogP contribution is -1.92. The lowest BCUT2D eigenvalue weighted by atomic mass is 9.84. The van der Waals surface area contributed by atoms with Crippen LogP contribution in [-0.4, -0.2) is 0 Å². The first-order valence-corrected chi connectivity index (χ1v) is 16.2. The Hall–Kier alpha value is -6.18. The quantitative estimate of drug-likeness (QED) is 0.185. The fourth-order valence-electron chi connectivity index (χ4n) is 7.72. The van der Waals surface area contributed by atoms with Gasteiger partial charge in [-0.1, -0.05) is 140 Å². The molecule has 0 saturated carbocycles. The summed E-state index contributed by atoms with van der Waals surface area (Å²) in [5.41, 5.74) is 9.26. The van der Waals surface area contributed by atoms with Gasteiger partial charge in [-0.05, 0) is 101 Å². The molecule has 0 amide bonds. The smallest absolute Gasteiger partial charge is 0.143 e. The van der Waals surface area contributed by atoms with Crippen LogP contribution in [0.2, 0.25) is 0 Å². The standard InChI is InChI=1S/C46H28O/c1-2-13-30(14-3-1)44-36-18-8-10-20-38(36)45(39-21-11-9-19-37(39)44)33-26-31-15-5-6-16-34(31)41(28-33)32-23-25-43-42(27-32)40-24-22-29-12-4-7-17-35(29)46(40)47-43/h1-28H. The zero-order chi connectivity index (χ0) is 30.9. The Kier molecular flexibility index (Phi) is 5.64. The van der Waals surface area contributed by atoms with Crippen molar-refractivity contribution in [2.75, 3.05) is 0 Å². The zero-order valence-corrected chi connectivity index (χ0v) is 25.6. The predicted molar refractivity (Wildman–Crippen MR) is 200 cm³/mol. The van der Waals surface area contributed by atoms with Crippen molar-refractivity contribution in [2.45, 2.75) is 0 Å². The molecule has 9 aromatic carbocycles. The monoisotopic (exact) mass is 596 g/mol. The average Bonchev–Trinajstić information content (AvgIpc) is 3.52. The summed E-state index contributed by atoms with van der Waals surface area (Å²) in [4.78, 5) is 0. The molecule has 0 bridgehead atoms. The molecule has 1 nitrogen and oxygen atoms in total. The molecule has 0 fully saturated rings. The van der Waals surface area contributed by atoms with Gasteiger partial charge in [-0.25, -0.2) is 0 Å². The van der Waals surface area contributed by atoms with E-state index in [4.69, 9.17) is 4.42 Å². The molecule has 1 heteroatoms. The van der Waals surface area contributed by atoms with E-state index < -0.39 is 0 Å². The van der Waals surface area contributed by atoms with E-state index in [9.17, 15) is 0 Å². The van der Waals surface area contributed by atoms with Crippen molar-refractivity contribution in [1.29, 1.82) is 0 Å². The van der Waals surface area contributed by atoms with Gasteiger partial charge in [-0.2, -0.15) is 0 Å². The number of fused-ring (bicyclic) bond motifs is 8. The molecule has 0 saturated heterocycles. The molecule has 0 spiro atoms. The van der Waals surface area contributed by atoms with Gasteiger partial charge in [0.15, 0.2) is 0 Å². The molecule has 1 heterocycles. The molecule has 10 aromatic rings. The molecular weight excluding hydrogens is 569 g/mol. The van der Waals surface area contributed by atoms with Gasteiger partial charge in [0.25, 0.3) is 0 Å². The van der Waals surface area contributed by atoms with Gasteiger partial charge in [0, 0.05) is 16.2 Å². The number of rotatable bonds is 3. The third-order valence-corrected chi connectivity index (χ3v) is 9.82. The molecular formula is C46H28O. The molecule has 0 unspecified atom stereocenters. The van der Waals surface area contributed by atoms with Gasteiger partial charge in [0.2, 0.25) is 0 Å². The van der Waals surface area contributed by atoms with Crippen LogP contribution in [0, 0.1) is 0 Å². The average molecular weight is 597 g/mol. The minimum atomic E-state index is 0.911. The molecule has 47 heavy (non-hydrogen) atoms. The molecule has 0 aliphatic rings. The Morgan fingerprint density at radius 1 is 0.298 bits per heavy atom. The highest BCUT2D eigenvalue weighted by Gasteiger charge is 2.19. The summed E-state index contributed by atoms with van der Waals surface area (Å²) in [6.45, 7) is 0. The Morgan fingerprint density at radius 2 is 0.872 bits per heavy atom. The van der Waals surface area contributed by atoms with Crippen LogP contribution in [0.4, 0.5) is 0 Å². The lowest BCUT2D eigenvalue weighted by molar-refractivity contribution is 0.672. The maximum atomic E-state index is 6.48. The summed E-state index contributed by atoms with van der Waals surface area (Å²) in [7, 11) is 0. The number of benzene rings is 9. The van der Waals surface area contributed by atoms with E-state index in [1.807, 2.05) is 0 Å². The molecule has 0 atom stereocenters. The second-order valence-electron chi connectivity index (χ2n) is 12.4. The van der Waals surface area contributed by atoms with Crippen molar-refractivity contribution in [1.82, 2.24) is 0 Å². The largest absolute Gasteiger partial charge is 0.455 e. The van der Waals surface area contributed by atoms with Crippen molar-refractivity contribution >= 4 is 65.0 Å². The van der Waals surface area contributed by atoms with E-state index in [-0.39, 0.29) is 0 Å². The summed E-state index contributed by atoms with van der Waals surface area (Å²) in [5, 5.41) is 12.1. The van der Waals surface area contributed by atoms with Crippen molar-refractivity contribution in [3.05, 3.63) is 170 Å². The van der Waals surface area contributed by atoms with Crippen LogP contribution in [0.1, 0.15) is 0 Å². The number of hydrogen-bond acceptors (Lipinski definition) is 1. The van der Waals surface area contributed by atoms with E-state index in [1.54, 1.807) is 0 Å². The highest BCUT2D eigenvalue weighted by atomic mass is 16.3. The molecule has 0 radical (unpaired) electrons. The Balaban J connectivity index is 1.27. The Bertz CT molecular complexity index is 2780. The first-order chi connectivity index (χ1) is 23.3. The Labute approximate surface area is 271 Å². The van der Waals surface area contributed by atoms with Gasteiger partial charge >= 0.3 is 0 Å². The maximum absolute atomic E-state index is 6.48. The topological polar surface area (TPSA) is 13.1 Å². The first-order valence-electron chi connectivity index (χ1n) is 16.2. The third kappa shape index (κ3) is 3.97. The van der Waals surface area contributed by atoms with Crippen LogP contribution in [0.25, 0.3) is 98.4 Å². The normalized spacial score (nSPS) is 11.8. The number of hydrogen-bond donors (Lipinski definition) is 0. The van der Waals surface area contributed by atoms with Crippen LogP contribution >= 0.6 is 0 Å². The van der Waals surface area contributed by atoms with Gasteiger partial charge in [0.05, 0.1) is 0 Å². The fraction of sp³-hybridized carbons (Fsp3) is 0. The van der Waals surface area contributed by atoms with Crippen LogP contribution in [0.3, 0.4) is 0 Å². The highest BCUT2D eigenvalue weighted by molar-refractivity contribution is 6.22. The summed E-state index contributed by atoms with van der Waals surface area (Å²) in [6.07, 6.45) is 0. The predicted octanol–water partition coefficient (Wildman–Crippen LogP) is 13.2. The molecule has 0 aliphatic carbocycles. The minimum absolute atomic E-state index is 0.911. The zero-order valence-electron chi connectivity index (χ0n) is 25.6. The summed E-state index contributed by atoms with van der Waals surface area (Å²) in [5.74, 6) is 0. The van der Waals surface area contributed by atoms with E-state index in [0.717, 1.165) is 27.3 Å². The van der Waals surface area contributed by atoms with Crippen LogP contribution < -0.4 is 0 Å². The van der Waals surface area contributed by atoms with Crippen molar-refractivity contribution in [2.24, 2.45) is 0 Å². The van der Waals surface area contributed by atoms with Gasteiger partial charge < -0.3 is 4.42 Å². The van der Waals surface area contributed by atoms with Crippen LogP contribution in [0.5, 0.6) is 0 Å². The van der Waals surface area contributed by atoms with Crippen LogP contribution in [-0.2, 0) is 0 Å². The second kappa shape index (κ2) is 10.2. The molecule has 10 rings (SSSR count). The minimum Gasteiger partial charge on any atom is -0.455 e. The van der Waals surface area contributed by atoms with E-state index in [2.05, 4.69) is 170 Å². The second-order valence-corrected chi connectivity index (χ2v) is 12.4. The van der Waals surface area contributed by atoms with Crippen molar-refractivity contribution in [3.8, 4) is 33.4 Å². The Morgan fingerprint density at radius 3 is 1.57 bits per heavy atom. The maximum Gasteiger partial charge on any atom is 0.143 e. The van der Waals surface area contributed by atoms with Crippen LogP contribution in [0.15, 0.2) is 174 Å². The van der Waals surface area contributed by atoms with E-state index in [1.165, 1.54) is 71.1 Å². The molecule has 0 N–H and O–H groups in total. The fourth-order valence-corrected chi connectivity index (χ4v) is 7.72. The summed E-state index contributed by atoms with van der Waals surface area (Å²) in [6, 6.07) is 61.6. The third-order valence-electron chi connectivity index (χ3n) is 9.82.